The van der Waals surface area contributed by atoms with E-state index in [0.717, 1.165) is 5.56 Å². The van der Waals surface area contributed by atoms with Crippen LogP contribution in [0.1, 0.15) is 17.7 Å². The van der Waals surface area contributed by atoms with E-state index in [4.69, 9.17) is 4.74 Å². The Bertz CT molecular complexity index is 1190. The molecular formula is C22H15Br2FN2O4. The SMILES string of the molecule is O=C1CC(COc2cc(Br)c(Cc3ccc(O)c(-c4ccccc4)n3)c(Br)c2F)=NO1. The van der Waals surface area contributed by atoms with E-state index in [2.05, 4.69) is 46.8 Å². The van der Waals surface area contributed by atoms with Crippen LogP contribution < -0.4 is 4.74 Å². The Hall–Kier alpha value is -2.78. The first kappa shape index (κ1) is 21.5. The van der Waals surface area contributed by atoms with Gasteiger partial charge in [-0.3, -0.25) is 0 Å². The van der Waals surface area contributed by atoms with Crippen LogP contribution in [-0.2, 0) is 16.1 Å². The highest BCUT2D eigenvalue weighted by molar-refractivity contribution is 9.11. The van der Waals surface area contributed by atoms with Gasteiger partial charge in [0.25, 0.3) is 0 Å². The van der Waals surface area contributed by atoms with Gasteiger partial charge in [0, 0.05) is 22.2 Å². The van der Waals surface area contributed by atoms with Crippen LogP contribution in [0, 0.1) is 5.82 Å². The molecule has 0 radical (unpaired) electrons. The van der Waals surface area contributed by atoms with Crippen molar-refractivity contribution in [3.8, 4) is 22.8 Å². The number of carbonyl (C=O) groups excluding carboxylic acids is 1. The summed E-state index contributed by atoms with van der Waals surface area (Å²) in [5.41, 5.74) is 2.93. The zero-order valence-corrected chi connectivity index (χ0v) is 19.1. The van der Waals surface area contributed by atoms with E-state index in [1.165, 1.54) is 6.07 Å². The van der Waals surface area contributed by atoms with Gasteiger partial charge in [0.15, 0.2) is 11.6 Å². The molecule has 0 aliphatic carbocycles. The lowest BCUT2D eigenvalue weighted by Gasteiger charge is -2.14. The van der Waals surface area contributed by atoms with E-state index in [1.54, 1.807) is 12.1 Å². The summed E-state index contributed by atoms with van der Waals surface area (Å²) < 4.78 is 21.2. The number of aromatic hydroxyl groups is 1. The summed E-state index contributed by atoms with van der Waals surface area (Å²) in [5, 5.41) is 13.8. The van der Waals surface area contributed by atoms with E-state index < -0.39 is 11.8 Å². The molecule has 6 nitrogen and oxygen atoms in total. The summed E-state index contributed by atoms with van der Waals surface area (Å²) >= 11 is 6.78. The molecule has 1 aromatic heterocycles. The lowest BCUT2D eigenvalue weighted by Crippen LogP contribution is -2.12. The fourth-order valence-electron chi connectivity index (χ4n) is 3.04. The van der Waals surface area contributed by atoms with E-state index in [1.807, 2.05) is 30.3 Å². The number of nitrogens with zero attached hydrogens (tertiary/aromatic N) is 2. The van der Waals surface area contributed by atoms with Crippen LogP contribution in [-0.4, -0.2) is 28.4 Å². The highest BCUT2D eigenvalue weighted by atomic mass is 79.9. The molecule has 1 aliphatic heterocycles. The predicted molar refractivity (Wildman–Crippen MR) is 120 cm³/mol. The summed E-state index contributed by atoms with van der Waals surface area (Å²) in [4.78, 5) is 20.2. The van der Waals surface area contributed by atoms with Crippen molar-refractivity contribution >= 4 is 43.5 Å². The third-order valence-corrected chi connectivity index (χ3v) is 6.11. The van der Waals surface area contributed by atoms with Gasteiger partial charge in [0.1, 0.15) is 23.8 Å². The average Bonchev–Trinajstić information content (AvgIpc) is 3.19. The first-order valence-corrected chi connectivity index (χ1v) is 10.8. The van der Waals surface area contributed by atoms with Crippen LogP contribution in [0.2, 0.25) is 0 Å². The Balaban J connectivity index is 1.58. The predicted octanol–water partition coefficient (Wildman–Crippen LogP) is 5.39. The van der Waals surface area contributed by atoms with E-state index in [0.29, 0.717) is 33.6 Å². The molecule has 1 aliphatic rings. The number of carbonyl (C=O) groups is 1. The van der Waals surface area contributed by atoms with Gasteiger partial charge in [-0.05, 0) is 39.7 Å². The molecule has 1 N–H and O–H groups in total. The maximum Gasteiger partial charge on any atom is 0.340 e. The number of pyridine rings is 1. The lowest BCUT2D eigenvalue weighted by atomic mass is 10.1. The van der Waals surface area contributed by atoms with Crippen molar-refractivity contribution in [1.82, 2.24) is 4.98 Å². The number of hydrogen-bond donors (Lipinski definition) is 1. The molecule has 0 atom stereocenters. The van der Waals surface area contributed by atoms with Gasteiger partial charge >= 0.3 is 5.97 Å². The van der Waals surface area contributed by atoms with Crippen molar-refractivity contribution < 1.29 is 23.9 Å². The van der Waals surface area contributed by atoms with Gasteiger partial charge in [0.05, 0.1) is 10.9 Å². The normalized spacial score (nSPS) is 13.1. The molecule has 4 rings (SSSR count). The molecule has 0 amide bonds. The standard InChI is InChI=1S/C22H15Br2FN2O4/c23-16-10-18(30-11-14-9-19(29)31-27-14)21(25)20(24)15(16)8-13-6-7-17(28)22(26-13)12-4-2-1-3-5-12/h1-7,10,28H,8-9,11H2. The minimum absolute atomic E-state index is 0.00758. The Morgan fingerprint density at radius 1 is 1.16 bits per heavy atom. The zero-order chi connectivity index (χ0) is 22.0. The zero-order valence-electron chi connectivity index (χ0n) is 15.9. The van der Waals surface area contributed by atoms with Crippen molar-refractivity contribution in [2.24, 2.45) is 5.16 Å². The third kappa shape index (κ3) is 4.77. The van der Waals surface area contributed by atoms with E-state index >= 15 is 0 Å². The van der Waals surface area contributed by atoms with E-state index in [9.17, 15) is 14.3 Å². The molecule has 2 heterocycles. The highest BCUT2D eigenvalue weighted by Crippen LogP contribution is 2.37. The van der Waals surface area contributed by atoms with Crippen LogP contribution >= 0.6 is 31.9 Å². The number of oxime groups is 1. The van der Waals surface area contributed by atoms with Gasteiger partial charge in [0.2, 0.25) is 0 Å². The summed E-state index contributed by atoms with van der Waals surface area (Å²) in [6, 6.07) is 14.1. The van der Waals surface area contributed by atoms with Crippen LogP contribution in [0.25, 0.3) is 11.3 Å². The maximum atomic E-state index is 14.9. The molecular weight excluding hydrogens is 535 g/mol. The molecule has 3 aromatic rings. The lowest BCUT2D eigenvalue weighted by molar-refractivity contribution is -0.140. The number of halogens is 3. The quantitative estimate of drug-likeness (QED) is 0.329. The molecule has 0 fully saturated rings. The number of aromatic nitrogens is 1. The number of ether oxygens (including phenoxy) is 1. The van der Waals surface area contributed by atoms with Crippen molar-refractivity contribution in [1.29, 1.82) is 0 Å². The van der Waals surface area contributed by atoms with Crippen molar-refractivity contribution in [2.45, 2.75) is 12.8 Å². The highest BCUT2D eigenvalue weighted by Gasteiger charge is 2.21. The van der Waals surface area contributed by atoms with Crippen LogP contribution in [0.5, 0.6) is 11.5 Å². The Morgan fingerprint density at radius 2 is 1.94 bits per heavy atom. The van der Waals surface area contributed by atoms with Gasteiger partial charge in [-0.15, -0.1) is 0 Å². The molecule has 0 spiro atoms. The Kier molecular flexibility index (Phi) is 6.33. The van der Waals surface area contributed by atoms with Crippen molar-refractivity contribution in [3.05, 3.63) is 74.6 Å². The third-order valence-electron chi connectivity index (χ3n) is 4.58. The largest absolute Gasteiger partial charge is 0.506 e. The van der Waals surface area contributed by atoms with Gasteiger partial charge < -0.3 is 14.7 Å². The van der Waals surface area contributed by atoms with Crippen LogP contribution in [0.3, 0.4) is 0 Å². The Labute approximate surface area is 194 Å². The van der Waals surface area contributed by atoms with Gasteiger partial charge in [-0.25, -0.2) is 14.2 Å². The fourth-order valence-corrected chi connectivity index (χ4v) is 4.40. The summed E-state index contributed by atoms with van der Waals surface area (Å²) in [6.07, 6.45) is 0.339. The first-order valence-electron chi connectivity index (χ1n) is 9.21. The van der Waals surface area contributed by atoms with Crippen LogP contribution in [0.15, 0.2) is 62.6 Å². The monoisotopic (exact) mass is 548 g/mol. The number of benzene rings is 2. The summed E-state index contributed by atoms with van der Waals surface area (Å²) in [6.45, 7) is -0.0547. The molecule has 158 valence electrons. The number of rotatable bonds is 6. The van der Waals surface area contributed by atoms with Crippen LogP contribution in [0.4, 0.5) is 4.39 Å². The minimum atomic E-state index is -0.578. The second-order valence-electron chi connectivity index (χ2n) is 6.76. The van der Waals surface area contributed by atoms with Crippen molar-refractivity contribution in [2.75, 3.05) is 6.61 Å². The summed E-state index contributed by atoms with van der Waals surface area (Å²) in [5.74, 6) is -0.965. The average molecular weight is 550 g/mol. The maximum absolute atomic E-state index is 14.9. The second kappa shape index (κ2) is 9.15. The second-order valence-corrected chi connectivity index (χ2v) is 8.41. The molecule has 31 heavy (non-hydrogen) atoms. The molecule has 0 saturated carbocycles. The summed E-state index contributed by atoms with van der Waals surface area (Å²) in [7, 11) is 0. The fraction of sp³-hybridized carbons (Fsp3) is 0.136. The van der Waals surface area contributed by atoms with Gasteiger partial charge in [-0.2, -0.15) is 0 Å². The van der Waals surface area contributed by atoms with E-state index in [-0.39, 0.29) is 29.0 Å². The molecule has 0 bridgehead atoms. The van der Waals surface area contributed by atoms with Crippen molar-refractivity contribution in [3.63, 3.8) is 0 Å². The topological polar surface area (TPSA) is 81.0 Å². The molecule has 2 aromatic carbocycles. The Morgan fingerprint density at radius 3 is 2.65 bits per heavy atom. The smallest absolute Gasteiger partial charge is 0.340 e. The molecule has 9 heteroatoms. The molecule has 0 unspecified atom stereocenters. The number of hydrogen-bond acceptors (Lipinski definition) is 6. The molecule has 0 saturated heterocycles. The minimum Gasteiger partial charge on any atom is -0.506 e. The first-order chi connectivity index (χ1) is 14.9. The van der Waals surface area contributed by atoms with Gasteiger partial charge in [-0.1, -0.05) is 51.4 Å².